The van der Waals surface area contributed by atoms with Gasteiger partial charge in [0.1, 0.15) is 21.4 Å². The van der Waals surface area contributed by atoms with Gasteiger partial charge in [0.25, 0.3) is 0 Å². The molecule has 0 saturated carbocycles. The minimum atomic E-state index is -4.84. The van der Waals surface area contributed by atoms with Crippen LogP contribution in [0.4, 0.5) is 17.6 Å². The van der Waals surface area contributed by atoms with Gasteiger partial charge in [-0.15, -0.1) is 0 Å². The molecule has 1 N–H and O–H groups in total. The number of amidine groups is 1. The summed E-state index contributed by atoms with van der Waals surface area (Å²) >= 11 is 6.89. The monoisotopic (exact) mass is 499 g/mol. The molecule has 5 nitrogen and oxygen atoms in total. The lowest BCUT2D eigenvalue weighted by atomic mass is 9.81. The first-order valence-corrected chi connectivity index (χ1v) is 11.1. The number of carboxylic acids is 1. The van der Waals surface area contributed by atoms with E-state index < -0.39 is 35.1 Å². The van der Waals surface area contributed by atoms with Crippen LogP contribution in [0.1, 0.15) is 43.5 Å². The molecule has 2 aromatic rings. The third-order valence-corrected chi connectivity index (χ3v) is 6.96. The second-order valence-electron chi connectivity index (χ2n) is 8.20. The molecule has 0 saturated heterocycles. The van der Waals surface area contributed by atoms with E-state index in [2.05, 4.69) is 4.98 Å². The number of hydrogen-bond acceptors (Lipinski definition) is 5. The molecule has 2 atom stereocenters. The van der Waals surface area contributed by atoms with E-state index in [0.717, 1.165) is 17.8 Å². The van der Waals surface area contributed by atoms with Gasteiger partial charge in [-0.3, -0.25) is 0 Å². The number of nitrogens with zero attached hydrogens (tertiary/aromatic N) is 3. The zero-order valence-corrected chi connectivity index (χ0v) is 19.2. The molecular weight excluding hydrogens is 482 g/mol. The molecule has 0 fully saturated rings. The summed E-state index contributed by atoms with van der Waals surface area (Å²) in [5.41, 5.74) is -1.19. The van der Waals surface area contributed by atoms with Crippen LogP contribution in [-0.4, -0.2) is 26.1 Å². The van der Waals surface area contributed by atoms with Crippen molar-refractivity contribution in [3.63, 3.8) is 0 Å². The maximum Gasteiger partial charge on any atom is 0.419 e. The number of hydrogen-bond donors (Lipinski definition) is 1. The summed E-state index contributed by atoms with van der Waals surface area (Å²) < 4.78 is 54.1. The SMILES string of the molecule is CC(C)C1=C(C(=O)O)SC2=NC(C)(c3ccc(Cl)nc3)C(c3ccc(C(F)(F)F)c(F)c3)N21. The number of thioether (sulfide) groups is 1. The number of pyridine rings is 1. The third-order valence-electron chi connectivity index (χ3n) is 5.68. The minimum absolute atomic E-state index is 0.0809. The van der Waals surface area contributed by atoms with Crippen LogP contribution in [0.2, 0.25) is 5.15 Å². The van der Waals surface area contributed by atoms with Gasteiger partial charge in [-0.25, -0.2) is 19.2 Å². The summed E-state index contributed by atoms with van der Waals surface area (Å²) in [5.74, 6) is -2.79. The number of aromatic nitrogens is 1. The van der Waals surface area contributed by atoms with E-state index in [4.69, 9.17) is 16.6 Å². The summed E-state index contributed by atoms with van der Waals surface area (Å²) in [6.07, 6.45) is -3.34. The number of benzene rings is 1. The Balaban J connectivity index is 1.93. The van der Waals surface area contributed by atoms with E-state index in [1.165, 1.54) is 12.3 Å². The predicted molar refractivity (Wildman–Crippen MR) is 117 cm³/mol. The van der Waals surface area contributed by atoms with Crippen molar-refractivity contribution in [2.45, 2.75) is 38.5 Å². The van der Waals surface area contributed by atoms with Gasteiger partial charge in [0.15, 0.2) is 5.17 Å². The van der Waals surface area contributed by atoms with Gasteiger partial charge < -0.3 is 10.0 Å². The zero-order valence-electron chi connectivity index (χ0n) is 17.6. The van der Waals surface area contributed by atoms with E-state index >= 15 is 0 Å². The molecule has 11 heteroatoms. The Hall–Kier alpha value is -2.59. The van der Waals surface area contributed by atoms with Crippen molar-refractivity contribution in [3.05, 3.63) is 74.8 Å². The van der Waals surface area contributed by atoms with Crippen LogP contribution in [0.5, 0.6) is 0 Å². The highest BCUT2D eigenvalue weighted by Crippen LogP contribution is 2.56. The Labute approximate surface area is 196 Å². The number of carbonyl (C=O) groups is 1. The number of fused-ring (bicyclic) bond motifs is 1. The molecule has 33 heavy (non-hydrogen) atoms. The second kappa shape index (κ2) is 8.02. The number of alkyl halides is 3. The smallest absolute Gasteiger partial charge is 0.419 e. The summed E-state index contributed by atoms with van der Waals surface area (Å²) in [5, 5.41) is 10.3. The number of rotatable bonds is 4. The van der Waals surface area contributed by atoms with Crippen LogP contribution in [0, 0.1) is 11.7 Å². The molecule has 1 aromatic carbocycles. The summed E-state index contributed by atoms with van der Waals surface area (Å²) in [4.78, 5) is 22.5. The predicted octanol–water partition coefficient (Wildman–Crippen LogP) is 6.22. The highest BCUT2D eigenvalue weighted by atomic mass is 35.5. The number of halogens is 5. The highest BCUT2D eigenvalue weighted by Gasteiger charge is 2.53. The van der Waals surface area contributed by atoms with Gasteiger partial charge in [-0.2, -0.15) is 13.2 Å². The van der Waals surface area contributed by atoms with Crippen LogP contribution in [-0.2, 0) is 16.5 Å². The van der Waals surface area contributed by atoms with Crippen molar-refractivity contribution in [2.24, 2.45) is 10.9 Å². The second-order valence-corrected chi connectivity index (χ2v) is 9.56. The van der Waals surface area contributed by atoms with Crippen molar-refractivity contribution in [3.8, 4) is 0 Å². The average molecular weight is 500 g/mol. The van der Waals surface area contributed by atoms with E-state index in [9.17, 15) is 27.5 Å². The van der Waals surface area contributed by atoms with Gasteiger partial charge in [-0.1, -0.05) is 37.6 Å². The van der Waals surface area contributed by atoms with Crippen molar-refractivity contribution in [1.82, 2.24) is 9.88 Å². The van der Waals surface area contributed by atoms with Gasteiger partial charge >= 0.3 is 12.1 Å². The van der Waals surface area contributed by atoms with Crippen molar-refractivity contribution in [2.75, 3.05) is 0 Å². The standard InChI is InChI=1S/C22H18ClF4N3O2S/c1-10(2)16-17(19(31)32)33-20-29-21(3,12-5-7-15(23)28-9-12)18(30(16)20)11-4-6-13(14(24)8-11)22(25,26)27/h4-10,18H,1-3H3,(H,31,32). The first-order chi connectivity index (χ1) is 15.3. The van der Waals surface area contributed by atoms with E-state index in [0.29, 0.717) is 22.5 Å². The molecule has 0 aliphatic carbocycles. The van der Waals surface area contributed by atoms with Crippen LogP contribution in [0.15, 0.2) is 52.1 Å². The van der Waals surface area contributed by atoms with Gasteiger partial charge in [-0.05, 0) is 48.4 Å². The van der Waals surface area contributed by atoms with E-state index in [1.54, 1.807) is 24.0 Å². The quantitative estimate of drug-likeness (QED) is 0.399. The maximum absolute atomic E-state index is 14.6. The molecule has 4 rings (SSSR count). The summed E-state index contributed by atoms with van der Waals surface area (Å²) in [7, 11) is 0. The Kier molecular flexibility index (Phi) is 5.73. The van der Waals surface area contributed by atoms with Crippen LogP contribution in [0.3, 0.4) is 0 Å². The van der Waals surface area contributed by atoms with Gasteiger partial charge in [0.2, 0.25) is 0 Å². The van der Waals surface area contributed by atoms with Crippen molar-refractivity contribution in [1.29, 1.82) is 0 Å². The number of aliphatic carboxylic acids is 1. The van der Waals surface area contributed by atoms with E-state index in [-0.39, 0.29) is 21.5 Å². The van der Waals surface area contributed by atoms with Crippen LogP contribution < -0.4 is 0 Å². The first kappa shape index (κ1) is 23.6. The Bertz CT molecular complexity index is 1200. The average Bonchev–Trinajstić information content (AvgIpc) is 3.20. The third kappa shape index (κ3) is 3.89. The molecule has 1 aromatic heterocycles. The lowest BCUT2D eigenvalue weighted by Gasteiger charge is -2.37. The molecule has 0 amide bonds. The largest absolute Gasteiger partial charge is 0.477 e. The summed E-state index contributed by atoms with van der Waals surface area (Å²) in [6.45, 7) is 5.37. The van der Waals surface area contributed by atoms with Gasteiger partial charge in [0.05, 0.1) is 11.6 Å². The highest BCUT2D eigenvalue weighted by molar-refractivity contribution is 8.18. The topological polar surface area (TPSA) is 65.8 Å². The van der Waals surface area contributed by atoms with E-state index in [1.807, 2.05) is 13.8 Å². The van der Waals surface area contributed by atoms with Crippen molar-refractivity contribution >= 4 is 34.5 Å². The lowest BCUT2D eigenvalue weighted by Crippen LogP contribution is -2.36. The van der Waals surface area contributed by atoms with Crippen LogP contribution in [0.25, 0.3) is 0 Å². The fourth-order valence-electron chi connectivity index (χ4n) is 4.24. The molecular formula is C22H18ClF4N3O2S. The Morgan fingerprint density at radius 3 is 2.48 bits per heavy atom. The summed E-state index contributed by atoms with van der Waals surface area (Å²) in [6, 6.07) is 5.19. The molecule has 0 spiro atoms. The molecule has 2 unspecified atom stereocenters. The van der Waals surface area contributed by atoms with Crippen LogP contribution >= 0.6 is 23.4 Å². The molecule has 174 valence electrons. The molecule has 2 aliphatic heterocycles. The zero-order chi connectivity index (χ0) is 24.3. The Morgan fingerprint density at radius 1 is 1.27 bits per heavy atom. The maximum atomic E-state index is 14.6. The van der Waals surface area contributed by atoms with Gasteiger partial charge in [0, 0.05) is 17.5 Å². The molecule has 2 aliphatic rings. The minimum Gasteiger partial charge on any atom is -0.477 e. The molecule has 0 radical (unpaired) electrons. The number of carboxylic acid groups (broad SMARTS) is 1. The first-order valence-electron chi connectivity index (χ1n) is 9.87. The van der Waals surface area contributed by atoms with Crippen molar-refractivity contribution < 1.29 is 27.5 Å². The normalized spacial score (nSPS) is 22.8. The fraction of sp³-hybridized carbons (Fsp3) is 0.318. The fourth-order valence-corrected chi connectivity index (χ4v) is 5.60. The number of aliphatic imine (C=N–C) groups is 1. The number of allylic oxidation sites excluding steroid dienone is 1. The molecule has 3 heterocycles. The Morgan fingerprint density at radius 2 is 1.97 bits per heavy atom. The molecule has 0 bridgehead atoms. The lowest BCUT2D eigenvalue weighted by molar-refractivity contribution is -0.140.